The van der Waals surface area contributed by atoms with Crippen LogP contribution in [0.2, 0.25) is 5.02 Å². The van der Waals surface area contributed by atoms with Crippen molar-refractivity contribution in [2.45, 2.75) is 17.9 Å². The van der Waals surface area contributed by atoms with Crippen LogP contribution in [0, 0.1) is 5.92 Å². The van der Waals surface area contributed by atoms with Crippen molar-refractivity contribution in [2.24, 2.45) is 5.92 Å². The predicted molar refractivity (Wildman–Crippen MR) is 91.1 cm³/mol. The lowest BCUT2D eigenvalue weighted by atomic mass is 9.77. The summed E-state index contributed by atoms with van der Waals surface area (Å²) in [6.07, 6.45) is -5.29. The number of urea groups is 1. The first kappa shape index (κ1) is 19.2. The Balaban J connectivity index is 2.17. The minimum absolute atomic E-state index is 0.0323. The van der Waals surface area contributed by atoms with Gasteiger partial charge >= 0.3 is 12.2 Å². The standard InChI is InChI=1S/C18H14ClF3N2O3/c19-12-8-4-7-11(9-12)14-13(15(25)10-5-2-1-3-6-10)17(27,18(20,21)22)24-16(26)23-14/h1-9,13-14,27H,(H2,23,24,26)/t13-,14-,17-/m1/s1. The van der Waals surface area contributed by atoms with Crippen LogP contribution in [0.5, 0.6) is 0 Å². The van der Waals surface area contributed by atoms with Crippen LogP contribution in [0.1, 0.15) is 22.0 Å². The Hall–Kier alpha value is -2.58. The SMILES string of the molecule is O=C1N[C@H](c2cccc(Cl)c2)[C@H](C(=O)c2ccccc2)[C@@](O)(C(F)(F)F)N1. The molecule has 27 heavy (non-hydrogen) atoms. The molecule has 0 bridgehead atoms. The Morgan fingerprint density at radius 1 is 1.11 bits per heavy atom. The lowest BCUT2D eigenvalue weighted by Crippen LogP contribution is -2.72. The highest BCUT2D eigenvalue weighted by molar-refractivity contribution is 6.30. The Bertz CT molecular complexity index is 876. The molecule has 0 saturated carbocycles. The molecule has 0 aromatic heterocycles. The number of aliphatic hydroxyl groups is 1. The van der Waals surface area contributed by atoms with Gasteiger partial charge in [-0.25, -0.2) is 4.79 Å². The number of alkyl halides is 3. The molecule has 1 fully saturated rings. The lowest BCUT2D eigenvalue weighted by Gasteiger charge is -2.45. The van der Waals surface area contributed by atoms with Crippen LogP contribution >= 0.6 is 11.6 Å². The smallest absolute Gasteiger partial charge is 0.363 e. The first-order valence-electron chi connectivity index (χ1n) is 7.86. The van der Waals surface area contributed by atoms with Crippen LogP contribution < -0.4 is 10.6 Å². The molecule has 0 spiro atoms. The highest BCUT2D eigenvalue weighted by Crippen LogP contribution is 2.44. The third-order valence-corrected chi connectivity index (χ3v) is 4.59. The molecule has 9 heteroatoms. The summed E-state index contributed by atoms with van der Waals surface area (Å²) in [5, 5.41) is 14.4. The van der Waals surface area contributed by atoms with Gasteiger partial charge in [-0.3, -0.25) is 4.79 Å². The number of hydrogen-bond donors (Lipinski definition) is 3. The number of halogens is 4. The molecule has 2 amide bonds. The van der Waals surface area contributed by atoms with Gasteiger partial charge in [0.15, 0.2) is 5.78 Å². The highest BCUT2D eigenvalue weighted by atomic mass is 35.5. The van der Waals surface area contributed by atoms with Crippen molar-refractivity contribution in [1.82, 2.24) is 10.6 Å². The molecule has 2 aromatic carbocycles. The zero-order valence-corrected chi connectivity index (χ0v) is 14.4. The quantitative estimate of drug-likeness (QED) is 0.693. The Kier molecular flexibility index (Phi) is 4.88. The van der Waals surface area contributed by atoms with Gasteiger partial charge in [0.05, 0.1) is 6.04 Å². The molecule has 0 unspecified atom stereocenters. The number of hydrogen-bond acceptors (Lipinski definition) is 3. The molecular weight excluding hydrogens is 385 g/mol. The van der Waals surface area contributed by atoms with E-state index in [9.17, 15) is 27.9 Å². The minimum Gasteiger partial charge on any atom is -0.363 e. The fourth-order valence-corrected chi connectivity index (χ4v) is 3.30. The number of ketones is 1. The van der Waals surface area contributed by atoms with E-state index in [0.717, 1.165) is 0 Å². The molecule has 1 heterocycles. The van der Waals surface area contributed by atoms with Gasteiger partial charge in [-0.2, -0.15) is 13.2 Å². The Morgan fingerprint density at radius 3 is 2.37 bits per heavy atom. The second-order valence-corrected chi connectivity index (χ2v) is 6.54. The number of benzene rings is 2. The first-order valence-corrected chi connectivity index (χ1v) is 8.24. The van der Waals surface area contributed by atoms with Crippen molar-refractivity contribution in [1.29, 1.82) is 0 Å². The summed E-state index contributed by atoms with van der Waals surface area (Å²) in [6.45, 7) is 0. The molecule has 0 aliphatic carbocycles. The predicted octanol–water partition coefficient (Wildman–Crippen LogP) is 3.44. The zero-order chi connectivity index (χ0) is 19.8. The first-order chi connectivity index (χ1) is 12.6. The summed E-state index contributed by atoms with van der Waals surface area (Å²) >= 11 is 5.91. The molecule has 1 aliphatic rings. The summed E-state index contributed by atoms with van der Waals surface area (Å²) in [4.78, 5) is 24.8. The Morgan fingerprint density at radius 2 is 1.78 bits per heavy atom. The van der Waals surface area contributed by atoms with E-state index in [-0.39, 0.29) is 16.1 Å². The van der Waals surface area contributed by atoms with Crippen LogP contribution in [0.4, 0.5) is 18.0 Å². The van der Waals surface area contributed by atoms with E-state index in [4.69, 9.17) is 11.6 Å². The largest absolute Gasteiger partial charge is 0.437 e. The van der Waals surface area contributed by atoms with Gasteiger partial charge in [-0.05, 0) is 17.7 Å². The third-order valence-electron chi connectivity index (χ3n) is 4.35. The van der Waals surface area contributed by atoms with Crippen LogP contribution in [0.25, 0.3) is 0 Å². The zero-order valence-electron chi connectivity index (χ0n) is 13.6. The van der Waals surface area contributed by atoms with Crippen LogP contribution in [0.3, 0.4) is 0 Å². The lowest BCUT2D eigenvalue weighted by molar-refractivity contribution is -0.287. The third kappa shape index (κ3) is 3.50. The van der Waals surface area contributed by atoms with Crippen molar-refractivity contribution >= 4 is 23.4 Å². The summed E-state index contributed by atoms with van der Waals surface area (Å²) in [5.41, 5.74) is -3.63. The van der Waals surface area contributed by atoms with Crippen LogP contribution in [-0.4, -0.2) is 28.8 Å². The Labute approximate surface area is 157 Å². The van der Waals surface area contributed by atoms with Gasteiger partial charge < -0.3 is 15.7 Å². The minimum atomic E-state index is -5.29. The van der Waals surface area contributed by atoms with E-state index in [1.54, 1.807) is 6.07 Å². The number of carbonyl (C=O) groups excluding carboxylic acids is 2. The molecule has 3 atom stereocenters. The van der Waals surface area contributed by atoms with E-state index >= 15 is 0 Å². The molecule has 3 N–H and O–H groups in total. The summed E-state index contributed by atoms with van der Waals surface area (Å²) in [7, 11) is 0. The summed E-state index contributed by atoms with van der Waals surface area (Å²) in [5.74, 6) is -3.05. The number of Topliss-reactive ketones (excluding diaryl/α,β-unsaturated/α-hetero) is 1. The van der Waals surface area contributed by atoms with E-state index < -0.39 is 35.7 Å². The normalized spacial score (nSPS) is 25.4. The van der Waals surface area contributed by atoms with Crippen molar-refractivity contribution in [3.63, 3.8) is 0 Å². The van der Waals surface area contributed by atoms with E-state index in [1.165, 1.54) is 53.8 Å². The molecule has 1 saturated heterocycles. The van der Waals surface area contributed by atoms with Crippen molar-refractivity contribution < 1.29 is 27.9 Å². The fourth-order valence-electron chi connectivity index (χ4n) is 3.10. The molecule has 2 aromatic rings. The number of nitrogens with one attached hydrogen (secondary N) is 2. The molecule has 3 rings (SSSR count). The van der Waals surface area contributed by atoms with Gasteiger partial charge in [0, 0.05) is 10.6 Å². The average molecular weight is 399 g/mol. The van der Waals surface area contributed by atoms with Crippen molar-refractivity contribution in [3.05, 3.63) is 70.7 Å². The topological polar surface area (TPSA) is 78.4 Å². The van der Waals surface area contributed by atoms with Gasteiger partial charge in [0.25, 0.3) is 0 Å². The maximum Gasteiger partial charge on any atom is 0.437 e. The van der Waals surface area contributed by atoms with Gasteiger partial charge in [0.2, 0.25) is 5.72 Å². The van der Waals surface area contributed by atoms with Gasteiger partial charge in [-0.1, -0.05) is 54.1 Å². The fraction of sp³-hybridized carbons (Fsp3) is 0.222. The average Bonchev–Trinajstić information content (AvgIpc) is 2.60. The van der Waals surface area contributed by atoms with Crippen LogP contribution in [0.15, 0.2) is 54.6 Å². The molecule has 142 valence electrons. The molecular formula is C18H14ClF3N2O3. The highest BCUT2D eigenvalue weighted by Gasteiger charge is 2.66. The second-order valence-electron chi connectivity index (χ2n) is 6.10. The summed E-state index contributed by atoms with van der Waals surface area (Å²) < 4.78 is 41.2. The monoisotopic (exact) mass is 398 g/mol. The molecule has 5 nitrogen and oxygen atoms in total. The number of amides is 2. The summed E-state index contributed by atoms with van der Waals surface area (Å²) in [6, 6.07) is 10.3. The van der Waals surface area contributed by atoms with E-state index in [2.05, 4.69) is 5.32 Å². The molecule has 1 aliphatic heterocycles. The maximum absolute atomic E-state index is 13.7. The number of carbonyl (C=O) groups is 2. The van der Waals surface area contributed by atoms with Crippen LogP contribution in [-0.2, 0) is 0 Å². The van der Waals surface area contributed by atoms with Crippen molar-refractivity contribution in [2.75, 3.05) is 0 Å². The van der Waals surface area contributed by atoms with Crippen molar-refractivity contribution in [3.8, 4) is 0 Å². The number of rotatable bonds is 3. The van der Waals surface area contributed by atoms with E-state index in [0.29, 0.717) is 0 Å². The second kappa shape index (κ2) is 6.86. The van der Waals surface area contributed by atoms with Gasteiger partial charge in [-0.15, -0.1) is 0 Å². The van der Waals surface area contributed by atoms with Gasteiger partial charge in [0.1, 0.15) is 5.92 Å². The molecule has 0 radical (unpaired) electrons. The van der Waals surface area contributed by atoms with E-state index in [1.807, 2.05) is 0 Å². The maximum atomic E-state index is 13.7.